The third-order valence-corrected chi connectivity index (χ3v) is 5.81. The molecule has 0 bridgehead atoms. The van der Waals surface area contributed by atoms with E-state index in [1.165, 1.54) is 5.56 Å². The van der Waals surface area contributed by atoms with Crippen LogP contribution in [0.5, 0.6) is 5.75 Å². The minimum atomic E-state index is -0.450. The fourth-order valence-corrected chi connectivity index (χ4v) is 4.06. The third-order valence-electron chi connectivity index (χ3n) is 4.91. The van der Waals surface area contributed by atoms with Gasteiger partial charge in [-0.15, -0.1) is 0 Å². The molecule has 2 aliphatic rings. The Hall–Kier alpha value is -1.27. The molecule has 1 aliphatic heterocycles. The molecule has 0 aromatic heterocycles. The van der Waals surface area contributed by atoms with Crippen LogP contribution >= 0.6 is 15.9 Å². The van der Waals surface area contributed by atoms with E-state index < -0.39 is 5.60 Å². The van der Waals surface area contributed by atoms with Crippen molar-refractivity contribution in [2.75, 3.05) is 26.2 Å². The zero-order chi connectivity index (χ0) is 18.9. The summed E-state index contributed by atoms with van der Waals surface area (Å²) in [5.74, 6) is 0.888. The van der Waals surface area contributed by atoms with Crippen LogP contribution in [0.15, 0.2) is 22.7 Å². The van der Waals surface area contributed by atoms with Crippen molar-refractivity contribution in [1.82, 2.24) is 9.80 Å². The van der Waals surface area contributed by atoms with E-state index in [0.29, 0.717) is 6.61 Å². The number of carbonyl (C=O) groups excluding carboxylic acids is 1. The highest BCUT2D eigenvalue weighted by molar-refractivity contribution is 9.10. The molecule has 1 heterocycles. The number of piperazine rings is 1. The van der Waals surface area contributed by atoms with E-state index in [1.807, 2.05) is 44.7 Å². The summed E-state index contributed by atoms with van der Waals surface area (Å²) in [5.41, 5.74) is 0.733. The molecular weight excluding hydrogens is 396 g/mol. The van der Waals surface area contributed by atoms with Crippen molar-refractivity contribution < 1.29 is 14.3 Å². The lowest BCUT2D eigenvalue weighted by Crippen LogP contribution is -2.57. The smallest absolute Gasteiger partial charge is 0.410 e. The van der Waals surface area contributed by atoms with Gasteiger partial charge in [-0.05, 0) is 68.1 Å². The summed E-state index contributed by atoms with van der Waals surface area (Å²) in [6.45, 7) is 11.7. The van der Waals surface area contributed by atoms with Gasteiger partial charge in [0.15, 0.2) is 0 Å². The normalized spacial score (nSPS) is 19.5. The molecule has 0 N–H and O–H groups in total. The average molecular weight is 425 g/mol. The number of ether oxygens (including phenoxy) is 2. The third kappa shape index (κ3) is 4.34. The maximum absolute atomic E-state index is 12.6. The van der Waals surface area contributed by atoms with E-state index in [9.17, 15) is 4.79 Å². The molecule has 1 aromatic carbocycles. The van der Waals surface area contributed by atoms with E-state index in [1.54, 1.807) is 0 Å². The van der Waals surface area contributed by atoms with Crippen molar-refractivity contribution in [1.29, 1.82) is 0 Å². The van der Waals surface area contributed by atoms with Crippen molar-refractivity contribution >= 4 is 22.0 Å². The quantitative estimate of drug-likeness (QED) is 0.716. The van der Waals surface area contributed by atoms with Crippen molar-refractivity contribution in [2.24, 2.45) is 0 Å². The lowest BCUT2D eigenvalue weighted by atomic mass is 10.1. The molecule has 0 atom stereocenters. The van der Waals surface area contributed by atoms with Crippen molar-refractivity contribution in [2.45, 2.75) is 58.2 Å². The first kappa shape index (κ1) is 19.5. The molecule has 1 amide bonds. The van der Waals surface area contributed by atoms with Gasteiger partial charge in [-0.3, -0.25) is 9.80 Å². The van der Waals surface area contributed by atoms with Crippen LogP contribution in [-0.4, -0.2) is 53.3 Å². The Morgan fingerprint density at radius 3 is 2.62 bits per heavy atom. The molecule has 0 unspecified atom stereocenters. The van der Waals surface area contributed by atoms with Crippen LogP contribution in [0.2, 0.25) is 0 Å². The number of amides is 1. The molecule has 1 aliphatic carbocycles. The fraction of sp³-hybridized carbons (Fsp3) is 0.650. The zero-order valence-corrected chi connectivity index (χ0v) is 17.8. The molecule has 1 aromatic rings. The van der Waals surface area contributed by atoms with Gasteiger partial charge in [0, 0.05) is 26.2 Å². The van der Waals surface area contributed by atoms with Crippen molar-refractivity contribution in [3.8, 4) is 5.75 Å². The SMILES string of the molecule is CCOc1cccc(CN2CCN(C(=O)OC(C)(C)C)C3(CC3)C2)c1Br. The Morgan fingerprint density at radius 1 is 1.27 bits per heavy atom. The Kier molecular flexibility index (Phi) is 5.54. The minimum Gasteiger partial charge on any atom is -0.493 e. The fourth-order valence-electron chi connectivity index (χ4n) is 3.55. The molecule has 0 radical (unpaired) electrons. The molecular formula is C20H29BrN2O3. The largest absolute Gasteiger partial charge is 0.493 e. The van der Waals surface area contributed by atoms with Gasteiger partial charge in [0.2, 0.25) is 0 Å². The first-order valence-electron chi connectivity index (χ1n) is 9.37. The Bertz CT molecular complexity index is 668. The van der Waals surface area contributed by atoms with Gasteiger partial charge < -0.3 is 9.47 Å². The highest BCUT2D eigenvalue weighted by Gasteiger charge is 2.54. The predicted molar refractivity (Wildman–Crippen MR) is 105 cm³/mol. The number of halogens is 1. The van der Waals surface area contributed by atoms with E-state index in [-0.39, 0.29) is 11.6 Å². The van der Waals surface area contributed by atoms with Crippen LogP contribution in [-0.2, 0) is 11.3 Å². The average Bonchev–Trinajstić information content (AvgIpc) is 3.29. The standard InChI is InChI=1S/C20H29BrN2O3/c1-5-25-16-8-6-7-15(17(16)21)13-22-11-12-23(20(14-22)9-10-20)18(24)26-19(2,3)4/h6-8H,5,9-14H2,1-4H3. The molecule has 1 saturated carbocycles. The first-order chi connectivity index (χ1) is 12.2. The number of hydrogen-bond acceptors (Lipinski definition) is 4. The van der Waals surface area contributed by atoms with E-state index in [2.05, 4.69) is 26.9 Å². The van der Waals surface area contributed by atoms with Gasteiger partial charge in [0.05, 0.1) is 16.6 Å². The van der Waals surface area contributed by atoms with E-state index in [0.717, 1.165) is 49.2 Å². The molecule has 1 saturated heterocycles. The van der Waals surface area contributed by atoms with Crippen LogP contribution in [0, 0.1) is 0 Å². The summed E-state index contributed by atoms with van der Waals surface area (Å²) in [6, 6.07) is 6.15. The molecule has 6 heteroatoms. The topological polar surface area (TPSA) is 42.0 Å². The molecule has 26 heavy (non-hydrogen) atoms. The van der Waals surface area contributed by atoms with Gasteiger partial charge in [-0.1, -0.05) is 12.1 Å². The van der Waals surface area contributed by atoms with Crippen molar-refractivity contribution in [3.05, 3.63) is 28.2 Å². The Balaban J connectivity index is 1.66. The number of carbonyl (C=O) groups is 1. The zero-order valence-electron chi connectivity index (χ0n) is 16.2. The Morgan fingerprint density at radius 2 is 2.00 bits per heavy atom. The summed E-state index contributed by atoms with van der Waals surface area (Å²) < 4.78 is 12.3. The second-order valence-electron chi connectivity index (χ2n) is 8.23. The lowest BCUT2D eigenvalue weighted by Gasteiger charge is -2.42. The molecule has 144 valence electrons. The summed E-state index contributed by atoms with van der Waals surface area (Å²) in [5, 5.41) is 0. The highest BCUT2D eigenvalue weighted by Crippen LogP contribution is 2.45. The minimum absolute atomic E-state index is 0.0371. The van der Waals surface area contributed by atoms with Crippen molar-refractivity contribution in [3.63, 3.8) is 0 Å². The molecule has 1 spiro atoms. The van der Waals surface area contributed by atoms with E-state index >= 15 is 0 Å². The maximum Gasteiger partial charge on any atom is 0.410 e. The van der Waals surface area contributed by atoms with Crippen LogP contribution in [0.3, 0.4) is 0 Å². The number of hydrogen-bond donors (Lipinski definition) is 0. The van der Waals surface area contributed by atoms with Crippen LogP contribution < -0.4 is 4.74 Å². The predicted octanol–water partition coefficient (Wildman–Crippen LogP) is 4.43. The maximum atomic E-state index is 12.6. The van der Waals surface area contributed by atoms with Gasteiger partial charge in [0.1, 0.15) is 11.4 Å². The van der Waals surface area contributed by atoms with Gasteiger partial charge in [-0.25, -0.2) is 4.79 Å². The van der Waals surface area contributed by atoms with Gasteiger partial charge >= 0.3 is 6.09 Å². The number of benzene rings is 1. The molecule has 5 nitrogen and oxygen atoms in total. The summed E-state index contributed by atoms with van der Waals surface area (Å²) in [6.07, 6.45) is 1.94. The van der Waals surface area contributed by atoms with Gasteiger partial charge in [0.25, 0.3) is 0 Å². The van der Waals surface area contributed by atoms with E-state index in [4.69, 9.17) is 9.47 Å². The lowest BCUT2D eigenvalue weighted by molar-refractivity contribution is -0.00811. The van der Waals surface area contributed by atoms with Gasteiger partial charge in [-0.2, -0.15) is 0 Å². The summed E-state index contributed by atoms with van der Waals surface area (Å²) in [7, 11) is 0. The number of nitrogens with zero attached hydrogens (tertiary/aromatic N) is 2. The van der Waals surface area contributed by atoms with Crippen LogP contribution in [0.25, 0.3) is 0 Å². The first-order valence-corrected chi connectivity index (χ1v) is 10.2. The summed E-state index contributed by atoms with van der Waals surface area (Å²) >= 11 is 3.69. The second kappa shape index (κ2) is 7.39. The second-order valence-corrected chi connectivity index (χ2v) is 9.02. The molecule has 3 rings (SSSR count). The molecule has 2 fully saturated rings. The van der Waals surface area contributed by atoms with Crippen LogP contribution in [0.1, 0.15) is 46.1 Å². The monoisotopic (exact) mass is 424 g/mol. The Labute approximate surface area is 164 Å². The highest BCUT2D eigenvalue weighted by atomic mass is 79.9. The number of rotatable bonds is 4. The summed E-state index contributed by atoms with van der Waals surface area (Å²) in [4.78, 5) is 17.0. The van der Waals surface area contributed by atoms with Crippen LogP contribution in [0.4, 0.5) is 4.79 Å².